The molecule has 1 aliphatic rings. The van der Waals surface area contributed by atoms with Crippen LogP contribution in [0.25, 0.3) is 0 Å². The second kappa shape index (κ2) is 7.89. The van der Waals surface area contributed by atoms with Crippen molar-refractivity contribution in [2.75, 3.05) is 5.32 Å². The van der Waals surface area contributed by atoms with E-state index in [9.17, 15) is 9.18 Å². The summed E-state index contributed by atoms with van der Waals surface area (Å²) >= 11 is 6.87. The highest BCUT2D eigenvalue weighted by molar-refractivity contribution is 9.13. The number of aryl methyl sites for hydroxylation is 1. The molecule has 0 aromatic heterocycles. The molecule has 0 bridgehead atoms. The highest BCUT2D eigenvalue weighted by atomic mass is 79.9. The molecule has 0 aliphatic heterocycles. The number of para-hydroxylation sites is 1. The Labute approximate surface area is 169 Å². The molecule has 1 amide bonds. The molecule has 3 rings (SSSR count). The number of rotatable bonds is 5. The fraction of sp³-hybridized carbons (Fsp3) is 0.190. The van der Waals surface area contributed by atoms with Gasteiger partial charge in [0, 0.05) is 26.6 Å². The Bertz CT molecular complexity index is 893. The van der Waals surface area contributed by atoms with Gasteiger partial charge in [-0.3, -0.25) is 4.79 Å². The number of hydrogen-bond acceptors (Lipinski definition) is 1. The highest BCUT2D eigenvalue weighted by Crippen LogP contribution is 2.56. The zero-order valence-corrected chi connectivity index (χ0v) is 17.3. The maximum absolute atomic E-state index is 14.8. The fourth-order valence-electron chi connectivity index (χ4n) is 2.81. The molecule has 2 nitrogen and oxygen atoms in total. The van der Waals surface area contributed by atoms with Crippen LogP contribution >= 0.6 is 31.9 Å². The minimum absolute atomic E-state index is 0.141. The van der Waals surface area contributed by atoms with Crippen molar-refractivity contribution in [3.63, 3.8) is 0 Å². The molecule has 1 aliphatic carbocycles. The van der Waals surface area contributed by atoms with Crippen LogP contribution < -0.4 is 5.32 Å². The van der Waals surface area contributed by atoms with Crippen LogP contribution in [0.15, 0.2) is 75.7 Å². The Morgan fingerprint density at radius 2 is 1.96 bits per heavy atom. The third-order valence-electron chi connectivity index (χ3n) is 4.42. The van der Waals surface area contributed by atoms with E-state index in [2.05, 4.69) is 37.2 Å². The van der Waals surface area contributed by atoms with Crippen molar-refractivity contribution in [2.24, 2.45) is 0 Å². The summed E-state index contributed by atoms with van der Waals surface area (Å²) in [7, 11) is 0. The Hall–Kier alpha value is -1.72. The molecule has 1 saturated carbocycles. The summed E-state index contributed by atoms with van der Waals surface area (Å²) < 4.78 is 16.6. The first-order valence-electron chi connectivity index (χ1n) is 8.25. The predicted molar refractivity (Wildman–Crippen MR) is 111 cm³/mol. The molecule has 0 unspecified atom stereocenters. The molecule has 1 fully saturated rings. The average molecular weight is 479 g/mol. The lowest BCUT2D eigenvalue weighted by molar-refractivity contribution is -0.111. The van der Waals surface area contributed by atoms with E-state index in [-0.39, 0.29) is 11.8 Å². The molecule has 2 aromatic rings. The van der Waals surface area contributed by atoms with Crippen molar-refractivity contribution in [3.05, 3.63) is 86.8 Å². The predicted octanol–water partition coefficient (Wildman–Crippen LogP) is 6.47. The van der Waals surface area contributed by atoms with Crippen molar-refractivity contribution in [1.82, 2.24) is 0 Å². The number of carbonyl (C=O) groups excluding carboxylic acids is 1. The summed E-state index contributed by atoms with van der Waals surface area (Å²) in [6.07, 6.45) is 6.57. The first kappa shape index (κ1) is 19.1. The maximum Gasteiger partial charge on any atom is 0.248 e. The van der Waals surface area contributed by atoms with E-state index < -0.39 is 5.67 Å². The number of hydrogen-bond donors (Lipinski definition) is 1. The van der Waals surface area contributed by atoms with Gasteiger partial charge in [0.25, 0.3) is 0 Å². The van der Waals surface area contributed by atoms with Crippen LogP contribution in [0.2, 0.25) is 0 Å². The molecular formula is C21H18Br2FNO. The van der Waals surface area contributed by atoms with Gasteiger partial charge in [-0.15, -0.1) is 0 Å². The summed E-state index contributed by atoms with van der Waals surface area (Å²) in [6.45, 7) is 1.93. The molecule has 0 saturated heterocycles. The third-order valence-corrected chi connectivity index (χ3v) is 6.30. The van der Waals surface area contributed by atoms with Crippen molar-refractivity contribution < 1.29 is 9.18 Å². The second-order valence-electron chi connectivity index (χ2n) is 6.38. The van der Waals surface area contributed by atoms with Crippen LogP contribution in [0.4, 0.5) is 10.1 Å². The highest BCUT2D eigenvalue weighted by Gasteiger charge is 2.54. The standard InChI is InChI=1S/C21H18Br2FNO/c1-14-6-2-3-7-19(14)25-20(26)8-4-5-11-21(24)13-16(21)15-9-10-17(22)18(23)12-15/h2-12,16H,13H2,1H3,(H,25,26)/t16-,21-/m1/s1. The summed E-state index contributed by atoms with van der Waals surface area (Å²) in [5.74, 6) is -0.376. The molecule has 0 radical (unpaired) electrons. The quantitative estimate of drug-likeness (QED) is 0.387. The van der Waals surface area contributed by atoms with E-state index in [0.29, 0.717) is 6.42 Å². The van der Waals surface area contributed by atoms with Gasteiger partial charge >= 0.3 is 0 Å². The Morgan fingerprint density at radius 1 is 1.19 bits per heavy atom. The largest absolute Gasteiger partial charge is 0.322 e. The van der Waals surface area contributed by atoms with Gasteiger partial charge in [-0.05, 0) is 80.6 Å². The Balaban J connectivity index is 1.57. The minimum Gasteiger partial charge on any atom is -0.322 e. The maximum atomic E-state index is 14.8. The van der Waals surface area contributed by atoms with Gasteiger partial charge in [-0.25, -0.2) is 4.39 Å². The first-order chi connectivity index (χ1) is 12.4. The van der Waals surface area contributed by atoms with Crippen LogP contribution in [0, 0.1) is 6.92 Å². The molecule has 2 aromatic carbocycles. The molecule has 0 heterocycles. The van der Waals surface area contributed by atoms with Gasteiger partial charge in [0.05, 0.1) is 0 Å². The summed E-state index contributed by atoms with van der Waals surface area (Å²) in [5.41, 5.74) is 1.39. The summed E-state index contributed by atoms with van der Waals surface area (Å²) in [5, 5.41) is 2.81. The van der Waals surface area contributed by atoms with E-state index in [0.717, 1.165) is 25.8 Å². The van der Waals surface area contributed by atoms with Crippen LogP contribution in [-0.2, 0) is 4.79 Å². The lowest BCUT2D eigenvalue weighted by Crippen LogP contribution is -2.08. The van der Waals surface area contributed by atoms with Crippen LogP contribution in [-0.4, -0.2) is 11.6 Å². The first-order valence-corrected chi connectivity index (χ1v) is 9.84. The normalized spacial score (nSPS) is 22.1. The van der Waals surface area contributed by atoms with Crippen molar-refractivity contribution >= 4 is 43.5 Å². The number of anilines is 1. The van der Waals surface area contributed by atoms with Crippen LogP contribution in [0.5, 0.6) is 0 Å². The zero-order chi connectivity index (χ0) is 18.7. The van der Waals surface area contributed by atoms with Crippen molar-refractivity contribution in [2.45, 2.75) is 24.9 Å². The van der Waals surface area contributed by atoms with E-state index in [1.807, 2.05) is 49.4 Å². The molecule has 2 atom stereocenters. The number of alkyl halides is 1. The molecule has 26 heavy (non-hydrogen) atoms. The number of amides is 1. The van der Waals surface area contributed by atoms with E-state index in [4.69, 9.17) is 0 Å². The fourth-order valence-corrected chi connectivity index (χ4v) is 3.45. The molecule has 0 spiro atoms. The van der Waals surface area contributed by atoms with Gasteiger partial charge in [-0.2, -0.15) is 0 Å². The number of nitrogens with one attached hydrogen (secondary N) is 1. The molecule has 134 valence electrons. The van der Waals surface area contributed by atoms with Gasteiger partial charge in [0.1, 0.15) is 5.67 Å². The van der Waals surface area contributed by atoms with E-state index in [1.165, 1.54) is 12.2 Å². The average Bonchev–Trinajstić information content (AvgIpc) is 3.28. The monoisotopic (exact) mass is 477 g/mol. The number of carbonyl (C=O) groups is 1. The molecule has 5 heteroatoms. The van der Waals surface area contributed by atoms with Gasteiger partial charge in [0.15, 0.2) is 0 Å². The van der Waals surface area contributed by atoms with E-state index >= 15 is 0 Å². The van der Waals surface area contributed by atoms with Crippen LogP contribution in [0.3, 0.4) is 0 Å². The zero-order valence-electron chi connectivity index (χ0n) is 14.2. The van der Waals surface area contributed by atoms with Gasteiger partial charge < -0.3 is 5.32 Å². The van der Waals surface area contributed by atoms with Crippen molar-refractivity contribution in [1.29, 1.82) is 0 Å². The SMILES string of the molecule is Cc1ccccc1NC(=O)C=CC=C[C@@]1(F)C[C@@H]1c1ccc(Br)c(Br)c1. The Kier molecular flexibility index (Phi) is 5.78. The number of benzene rings is 2. The minimum atomic E-state index is -1.34. The lowest BCUT2D eigenvalue weighted by Gasteiger charge is -2.05. The van der Waals surface area contributed by atoms with Crippen molar-refractivity contribution in [3.8, 4) is 0 Å². The number of allylic oxidation sites excluding steroid dienone is 3. The smallest absolute Gasteiger partial charge is 0.248 e. The van der Waals surface area contributed by atoms with Crippen LogP contribution in [0.1, 0.15) is 23.5 Å². The topological polar surface area (TPSA) is 29.1 Å². The summed E-state index contributed by atoms with van der Waals surface area (Å²) in [4.78, 5) is 11.9. The Morgan fingerprint density at radius 3 is 2.69 bits per heavy atom. The molecular weight excluding hydrogens is 461 g/mol. The van der Waals surface area contributed by atoms with Gasteiger partial charge in [-0.1, -0.05) is 36.4 Å². The van der Waals surface area contributed by atoms with Gasteiger partial charge in [0.2, 0.25) is 5.91 Å². The van der Waals surface area contributed by atoms with E-state index in [1.54, 1.807) is 12.2 Å². The number of halogens is 3. The molecule has 1 N–H and O–H groups in total. The summed E-state index contributed by atoms with van der Waals surface area (Å²) in [6, 6.07) is 13.3. The lowest BCUT2D eigenvalue weighted by atomic mass is 10.1. The third kappa shape index (κ3) is 4.51. The second-order valence-corrected chi connectivity index (χ2v) is 8.09.